The first-order chi connectivity index (χ1) is 8.72. The molecule has 0 bridgehead atoms. The van der Waals surface area contributed by atoms with Crippen LogP contribution in [0.4, 0.5) is 0 Å². The number of benzene rings is 1. The molecule has 1 N–H and O–H groups in total. The third-order valence-corrected chi connectivity index (χ3v) is 3.71. The summed E-state index contributed by atoms with van der Waals surface area (Å²) in [6, 6.07) is 9.36. The number of nitrogens with one attached hydrogen (secondary N) is 1. The van der Waals surface area contributed by atoms with Crippen LogP contribution in [0.3, 0.4) is 0 Å². The number of hydrogen-bond donors (Lipinski definition) is 1. The van der Waals surface area contributed by atoms with Crippen molar-refractivity contribution in [2.24, 2.45) is 0 Å². The van der Waals surface area contributed by atoms with Gasteiger partial charge in [0.15, 0.2) is 0 Å². The number of nitrogens with zero attached hydrogens (tertiary/aromatic N) is 1. The highest BCUT2D eigenvalue weighted by molar-refractivity contribution is 5.85. The standard InChI is InChI=1S/C16H24N2.2ClH/c1-4-16(18-11-9-17-10-12-18)15-7-5-14(6-8-15)13(2)3;;/h4-8,13,16-17H,1,9-12H2,2-3H3;2*1H/t16-;;/m0../s1. The first-order valence-electron chi connectivity index (χ1n) is 6.89. The van der Waals surface area contributed by atoms with Gasteiger partial charge in [0.25, 0.3) is 0 Å². The van der Waals surface area contributed by atoms with Crippen LogP contribution in [0.1, 0.15) is 36.9 Å². The Morgan fingerprint density at radius 3 is 2.00 bits per heavy atom. The molecule has 1 aromatic carbocycles. The van der Waals surface area contributed by atoms with Crippen molar-refractivity contribution in [2.75, 3.05) is 26.2 Å². The van der Waals surface area contributed by atoms with Crippen LogP contribution in [-0.2, 0) is 0 Å². The molecule has 0 aliphatic carbocycles. The van der Waals surface area contributed by atoms with Gasteiger partial charge in [0, 0.05) is 26.2 Å². The maximum atomic E-state index is 4.01. The van der Waals surface area contributed by atoms with Crippen molar-refractivity contribution >= 4 is 24.8 Å². The minimum absolute atomic E-state index is 0. The van der Waals surface area contributed by atoms with E-state index < -0.39 is 0 Å². The van der Waals surface area contributed by atoms with Crippen LogP contribution in [0, 0.1) is 0 Å². The van der Waals surface area contributed by atoms with Crippen molar-refractivity contribution in [1.29, 1.82) is 0 Å². The molecule has 0 spiro atoms. The van der Waals surface area contributed by atoms with Crippen LogP contribution in [0.15, 0.2) is 36.9 Å². The van der Waals surface area contributed by atoms with Crippen molar-refractivity contribution in [3.8, 4) is 0 Å². The highest BCUT2D eigenvalue weighted by Gasteiger charge is 2.19. The van der Waals surface area contributed by atoms with Gasteiger partial charge in [0.2, 0.25) is 0 Å². The summed E-state index contributed by atoms with van der Waals surface area (Å²) in [7, 11) is 0. The van der Waals surface area contributed by atoms with E-state index in [4.69, 9.17) is 0 Å². The molecule has 2 rings (SSSR count). The Morgan fingerprint density at radius 1 is 1.05 bits per heavy atom. The zero-order valence-electron chi connectivity index (χ0n) is 12.3. The fourth-order valence-corrected chi connectivity index (χ4v) is 2.53. The van der Waals surface area contributed by atoms with Gasteiger partial charge in [-0.25, -0.2) is 0 Å². The maximum Gasteiger partial charge on any atom is 0.0529 e. The molecule has 1 aliphatic rings. The van der Waals surface area contributed by atoms with Gasteiger partial charge in [-0.1, -0.05) is 44.2 Å². The highest BCUT2D eigenvalue weighted by atomic mass is 35.5. The predicted molar refractivity (Wildman–Crippen MR) is 92.4 cm³/mol. The first kappa shape index (κ1) is 19.5. The molecule has 1 saturated heterocycles. The van der Waals surface area contributed by atoms with E-state index in [1.807, 2.05) is 0 Å². The molecule has 20 heavy (non-hydrogen) atoms. The normalized spacial score (nSPS) is 16.9. The van der Waals surface area contributed by atoms with E-state index in [1.165, 1.54) is 11.1 Å². The molecular weight excluding hydrogens is 291 g/mol. The lowest BCUT2D eigenvalue weighted by Gasteiger charge is -2.33. The van der Waals surface area contributed by atoms with E-state index in [9.17, 15) is 0 Å². The Bertz CT molecular complexity index is 384. The summed E-state index contributed by atoms with van der Waals surface area (Å²) in [6.45, 7) is 12.8. The molecule has 1 atom stereocenters. The van der Waals surface area contributed by atoms with Gasteiger partial charge >= 0.3 is 0 Å². The van der Waals surface area contributed by atoms with E-state index in [2.05, 4.69) is 61.0 Å². The summed E-state index contributed by atoms with van der Waals surface area (Å²) in [5.74, 6) is 0.598. The second kappa shape index (κ2) is 9.41. The third kappa shape index (κ3) is 4.78. The zero-order chi connectivity index (χ0) is 13.0. The molecule has 1 heterocycles. The minimum Gasteiger partial charge on any atom is -0.314 e. The number of halogens is 2. The van der Waals surface area contributed by atoms with Gasteiger partial charge in [-0.15, -0.1) is 31.4 Å². The minimum atomic E-state index is 0. The van der Waals surface area contributed by atoms with Gasteiger partial charge in [0.1, 0.15) is 0 Å². The summed E-state index contributed by atoms with van der Waals surface area (Å²) < 4.78 is 0. The highest BCUT2D eigenvalue weighted by Crippen LogP contribution is 2.24. The second-order valence-electron chi connectivity index (χ2n) is 5.29. The van der Waals surface area contributed by atoms with Crippen molar-refractivity contribution in [3.63, 3.8) is 0 Å². The van der Waals surface area contributed by atoms with Crippen molar-refractivity contribution in [2.45, 2.75) is 25.8 Å². The molecule has 1 aliphatic heterocycles. The molecule has 1 aromatic rings. The maximum absolute atomic E-state index is 4.01. The first-order valence-corrected chi connectivity index (χ1v) is 6.89. The Kier molecular flexibility index (Phi) is 9.15. The Labute approximate surface area is 135 Å². The molecule has 114 valence electrons. The summed E-state index contributed by atoms with van der Waals surface area (Å²) in [6.07, 6.45) is 2.07. The van der Waals surface area contributed by atoms with Crippen molar-refractivity contribution < 1.29 is 0 Å². The summed E-state index contributed by atoms with van der Waals surface area (Å²) in [5.41, 5.74) is 2.76. The summed E-state index contributed by atoms with van der Waals surface area (Å²) in [5, 5.41) is 3.39. The fraction of sp³-hybridized carbons (Fsp3) is 0.500. The number of piperazine rings is 1. The van der Waals surface area contributed by atoms with Gasteiger partial charge < -0.3 is 5.32 Å². The quantitative estimate of drug-likeness (QED) is 0.850. The third-order valence-electron chi connectivity index (χ3n) is 3.71. The van der Waals surface area contributed by atoms with Crippen molar-refractivity contribution in [3.05, 3.63) is 48.0 Å². The van der Waals surface area contributed by atoms with E-state index in [0.717, 1.165) is 26.2 Å². The molecule has 0 unspecified atom stereocenters. The summed E-state index contributed by atoms with van der Waals surface area (Å²) >= 11 is 0. The molecule has 0 radical (unpaired) electrons. The molecule has 0 amide bonds. The molecule has 0 saturated carbocycles. The van der Waals surface area contributed by atoms with Gasteiger partial charge in [-0.3, -0.25) is 4.90 Å². The van der Waals surface area contributed by atoms with Crippen LogP contribution in [0.5, 0.6) is 0 Å². The second-order valence-corrected chi connectivity index (χ2v) is 5.29. The van der Waals surface area contributed by atoms with E-state index in [1.54, 1.807) is 0 Å². The molecule has 0 aromatic heterocycles. The molecule has 1 fully saturated rings. The smallest absolute Gasteiger partial charge is 0.0529 e. The Morgan fingerprint density at radius 2 is 1.55 bits per heavy atom. The average Bonchev–Trinajstić information content (AvgIpc) is 2.41. The average molecular weight is 317 g/mol. The Balaban J connectivity index is 0.00000180. The number of rotatable bonds is 4. The van der Waals surface area contributed by atoms with Gasteiger partial charge in [0.05, 0.1) is 6.04 Å². The molecule has 4 heteroatoms. The predicted octanol–water partition coefficient (Wildman–Crippen LogP) is 3.79. The van der Waals surface area contributed by atoms with Crippen LogP contribution in [0.25, 0.3) is 0 Å². The van der Waals surface area contributed by atoms with Crippen LogP contribution < -0.4 is 5.32 Å². The summed E-state index contributed by atoms with van der Waals surface area (Å²) in [4.78, 5) is 2.49. The van der Waals surface area contributed by atoms with E-state index >= 15 is 0 Å². The monoisotopic (exact) mass is 316 g/mol. The molecular formula is C16H26Cl2N2. The van der Waals surface area contributed by atoms with Gasteiger partial charge in [-0.2, -0.15) is 0 Å². The lowest BCUT2D eigenvalue weighted by molar-refractivity contribution is 0.203. The van der Waals surface area contributed by atoms with E-state index in [0.29, 0.717) is 12.0 Å². The Hall–Kier alpha value is -0.540. The molecule has 2 nitrogen and oxygen atoms in total. The lowest BCUT2D eigenvalue weighted by atomic mass is 9.98. The topological polar surface area (TPSA) is 15.3 Å². The SMILES string of the molecule is C=C[C@@H](c1ccc(C(C)C)cc1)N1CCNCC1.Cl.Cl. The van der Waals surface area contributed by atoms with Crippen LogP contribution in [0.2, 0.25) is 0 Å². The zero-order valence-corrected chi connectivity index (χ0v) is 14.0. The van der Waals surface area contributed by atoms with Gasteiger partial charge in [-0.05, 0) is 17.0 Å². The van der Waals surface area contributed by atoms with E-state index in [-0.39, 0.29) is 24.8 Å². The lowest BCUT2D eigenvalue weighted by Crippen LogP contribution is -2.44. The van der Waals surface area contributed by atoms with Crippen LogP contribution >= 0.6 is 24.8 Å². The van der Waals surface area contributed by atoms with Crippen molar-refractivity contribution in [1.82, 2.24) is 10.2 Å². The largest absolute Gasteiger partial charge is 0.314 e. The number of hydrogen-bond acceptors (Lipinski definition) is 2. The van der Waals surface area contributed by atoms with Crippen LogP contribution in [-0.4, -0.2) is 31.1 Å². The fourth-order valence-electron chi connectivity index (χ4n) is 2.53.